The van der Waals surface area contributed by atoms with Crippen molar-refractivity contribution in [3.8, 4) is 11.5 Å². The summed E-state index contributed by atoms with van der Waals surface area (Å²) in [5, 5.41) is 0.666. The van der Waals surface area contributed by atoms with Crippen LogP contribution in [0.25, 0.3) is 6.08 Å². The third-order valence-corrected chi connectivity index (χ3v) is 3.70. The fourth-order valence-corrected chi connectivity index (χ4v) is 2.31. The first kappa shape index (κ1) is 19.1. The first-order valence-electron chi connectivity index (χ1n) is 8.51. The van der Waals surface area contributed by atoms with Crippen LogP contribution in [0.3, 0.4) is 0 Å². The first-order chi connectivity index (χ1) is 12.1. The van der Waals surface area contributed by atoms with Gasteiger partial charge in [0.05, 0.1) is 18.8 Å². The quantitative estimate of drug-likeness (QED) is 0.419. The van der Waals surface area contributed by atoms with Gasteiger partial charge in [0.15, 0.2) is 5.78 Å². The molecule has 4 heteroatoms. The molecule has 25 heavy (non-hydrogen) atoms. The van der Waals surface area contributed by atoms with Crippen molar-refractivity contribution in [2.75, 3.05) is 13.2 Å². The third kappa shape index (κ3) is 5.95. The third-order valence-electron chi connectivity index (χ3n) is 3.45. The fraction of sp³-hybridized carbons (Fsp3) is 0.286. The van der Waals surface area contributed by atoms with Crippen molar-refractivity contribution in [1.29, 1.82) is 0 Å². The lowest BCUT2D eigenvalue weighted by Gasteiger charge is -2.11. The minimum Gasteiger partial charge on any atom is -0.494 e. The van der Waals surface area contributed by atoms with E-state index in [1.807, 2.05) is 32.0 Å². The van der Waals surface area contributed by atoms with E-state index in [1.165, 1.54) is 0 Å². The maximum atomic E-state index is 12.6. The van der Waals surface area contributed by atoms with Crippen LogP contribution in [-0.2, 0) is 0 Å². The van der Waals surface area contributed by atoms with Crippen LogP contribution in [0.1, 0.15) is 42.6 Å². The van der Waals surface area contributed by atoms with Crippen LogP contribution < -0.4 is 9.47 Å². The Morgan fingerprint density at radius 3 is 2.36 bits per heavy atom. The fourth-order valence-electron chi connectivity index (χ4n) is 2.18. The molecule has 0 aliphatic heterocycles. The molecule has 0 fully saturated rings. The van der Waals surface area contributed by atoms with Gasteiger partial charge >= 0.3 is 0 Å². The van der Waals surface area contributed by atoms with Crippen LogP contribution in [0, 0.1) is 0 Å². The molecule has 0 atom stereocenters. The second-order valence-corrected chi connectivity index (χ2v) is 6.04. The summed E-state index contributed by atoms with van der Waals surface area (Å²) in [7, 11) is 0. The van der Waals surface area contributed by atoms with Gasteiger partial charge in [-0.25, -0.2) is 0 Å². The standard InChI is InChI=1S/C21H23ClO3/c1-3-13-24-18-10-12-21(25-14-4-2)19(15-18)20(23)11-7-16-5-8-17(22)9-6-16/h5-12,15H,3-4,13-14H2,1-2H3/b11-7+. The second kappa shape index (κ2) is 9.90. The van der Waals surface area contributed by atoms with Gasteiger partial charge in [0.2, 0.25) is 0 Å². The molecular formula is C21H23ClO3. The number of ether oxygens (including phenoxy) is 2. The van der Waals surface area contributed by atoms with E-state index in [0.717, 1.165) is 18.4 Å². The molecule has 0 saturated heterocycles. The smallest absolute Gasteiger partial charge is 0.189 e. The van der Waals surface area contributed by atoms with E-state index in [0.29, 0.717) is 35.3 Å². The van der Waals surface area contributed by atoms with Crippen molar-refractivity contribution >= 4 is 23.5 Å². The number of halogens is 1. The van der Waals surface area contributed by atoms with Gasteiger partial charge in [0.1, 0.15) is 11.5 Å². The highest BCUT2D eigenvalue weighted by molar-refractivity contribution is 6.30. The minimum absolute atomic E-state index is 0.122. The summed E-state index contributed by atoms with van der Waals surface area (Å²) in [6.45, 7) is 5.25. The molecule has 0 unspecified atom stereocenters. The average molecular weight is 359 g/mol. The first-order valence-corrected chi connectivity index (χ1v) is 8.89. The van der Waals surface area contributed by atoms with E-state index >= 15 is 0 Å². The van der Waals surface area contributed by atoms with Gasteiger partial charge in [0.25, 0.3) is 0 Å². The van der Waals surface area contributed by atoms with Gasteiger partial charge in [-0.15, -0.1) is 0 Å². The summed E-state index contributed by atoms with van der Waals surface area (Å²) in [4.78, 5) is 12.6. The van der Waals surface area contributed by atoms with Gasteiger partial charge in [-0.1, -0.05) is 43.7 Å². The average Bonchev–Trinajstić information content (AvgIpc) is 2.64. The molecule has 0 spiro atoms. The number of carbonyl (C=O) groups excluding carboxylic acids is 1. The molecule has 0 saturated carbocycles. The monoisotopic (exact) mass is 358 g/mol. The van der Waals surface area contributed by atoms with E-state index in [2.05, 4.69) is 0 Å². The highest BCUT2D eigenvalue weighted by Gasteiger charge is 2.12. The Morgan fingerprint density at radius 2 is 1.68 bits per heavy atom. The Hall–Kier alpha value is -2.26. The molecule has 0 radical (unpaired) electrons. The van der Waals surface area contributed by atoms with Gasteiger partial charge < -0.3 is 9.47 Å². The molecule has 2 aromatic carbocycles. The summed E-state index contributed by atoms with van der Waals surface area (Å²) in [6, 6.07) is 12.7. The Bertz CT molecular complexity index is 720. The van der Waals surface area contributed by atoms with Crippen molar-refractivity contribution in [3.05, 3.63) is 64.7 Å². The van der Waals surface area contributed by atoms with Crippen LogP contribution in [0.4, 0.5) is 0 Å². The van der Waals surface area contributed by atoms with E-state index < -0.39 is 0 Å². The number of rotatable bonds is 9. The SMILES string of the molecule is CCCOc1ccc(OCCC)c(C(=O)/C=C/c2ccc(Cl)cc2)c1. The second-order valence-electron chi connectivity index (χ2n) is 5.60. The Balaban J connectivity index is 2.22. The Labute approximate surface area is 154 Å². The van der Waals surface area contributed by atoms with E-state index in [-0.39, 0.29) is 5.78 Å². The highest BCUT2D eigenvalue weighted by atomic mass is 35.5. The lowest BCUT2D eigenvalue weighted by atomic mass is 10.1. The number of ketones is 1. The van der Waals surface area contributed by atoms with Crippen LogP contribution in [0.15, 0.2) is 48.5 Å². The largest absolute Gasteiger partial charge is 0.494 e. The normalized spacial score (nSPS) is 10.8. The van der Waals surface area contributed by atoms with Crippen molar-refractivity contribution in [2.24, 2.45) is 0 Å². The molecule has 0 aliphatic carbocycles. The zero-order chi connectivity index (χ0) is 18.1. The van der Waals surface area contributed by atoms with Gasteiger partial charge in [-0.05, 0) is 54.8 Å². The Kier molecular flexibility index (Phi) is 7.55. The van der Waals surface area contributed by atoms with Crippen LogP contribution in [0.5, 0.6) is 11.5 Å². The summed E-state index contributed by atoms with van der Waals surface area (Å²) >= 11 is 5.88. The van der Waals surface area contributed by atoms with Crippen molar-refractivity contribution in [3.63, 3.8) is 0 Å². The molecule has 0 amide bonds. The molecule has 132 valence electrons. The number of carbonyl (C=O) groups is 1. The molecule has 3 nitrogen and oxygen atoms in total. The maximum Gasteiger partial charge on any atom is 0.189 e. The zero-order valence-corrected chi connectivity index (χ0v) is 15.4. The van der Waals surface area contributed by atoms with E-state index in [1.54, 1.807) is 36.4 Å². The van der Waals surface area contributed by atoms with Crippen LogP contribution in [0.2, 0.25) is 5.02 Å². The van der Waals surface area contributed by atoms with E-state index in [4.69, 9.17) is 21.1 Å². The summed E-state index contributed by atoms with van der Waals surface area (Å²) in [5.41, 5.74) is 1.42. The number of hydrogen-bond acceptors (Lipinski definition) is 3. The topological polar surface area (TPSA) is 35.5 Å². The van der Waals surface area contributed by atoms with Crippen molar-refractivity contribution in [2.45, 2.75) is 26.7 Å². The minimum atomic E-state index is -0.122. The number of benzene rings is 2. The predicted octanol–water partition coefficient (Wildman–Crippen LogP) is 5.81. The van der Waals surface area contributed by atoms with Crippen LogP contribution >= 0.6 is 11.6 Å². The summed E-state index contributed by atoms with van der Waals surface area (Å²) in [5.74, 6) is 1.13. The van der Waals surface area contributed by atoms with Gasteiger partial charge in [-0.3, -0.25) is 4.79 Å². The number of allylic oxidation sites excluding steroid dienone is 1. The Morgan fingerprint density at radius 1 is 1.00 bits per heavy atom. The lowest BCUT2D eigenvalue weighted by Crippen LogP contribution is -2.04. The predicted molar refractivity (Wildman–Crippen MR) is 103 cm³/mol. The van der Waals surface area contributed by atoms with Crippen molar-refractivity contribution < 1.29 is 14.3 Å². The summed E-state index contributed by atoms with van der Waals surface area (Å²) < 4.78 is 11.3. The zero-order valence-electron chi connectivity index (χ0n) is 14.6. The highest BCUT2D eigenvalue weighted by Crippen LogP contribution is 2.26. The maximum absolute atomic E-state index is 12.6. The molecule has 2 rings (SSSR count). The van der Waals surface area contributed by atoms with Gasteiger partial charge in [0, 0.05) is 5.02 Å². The number of hydrogen-bond donors (Lipinski definition) is 0. The van der Waals surface area contributed by atoms with Gasteiger partial charge in [-0.2, -0.15) is 0 Å². The molecule has 0 N–H and O–H groups in total. The van der Waals surface area contributed by atoms with E-state index in [9.17, 15) is 4.79 Å². The lowest BCUT2D eigenvalue weighted by molar-refractivity contribution is 0.104. The van der Waals surface area contributed by atoms with Crippen LogP contribution in [-0.4, -0.2) is 19.0 Å². The summed E-state index contributed by atoms with van der Waals surface area (Å²) in [6.07, 6.45) is 5.10. The van der Waals surface area contributed by atoms with Crippen molar-refractivity contribution in [1.82, 2.24) is 0 Å². The molecule has 2 aromatic rings. The molecule has 0 bridgehead atoms. The molecule has 0 aromatic heterocycles. The molecule has 0 heterocycles. The molecule has 0 aliphatic rings. The molecular weight excluding hydrogens is 336 g/mol.